The first kappa shape index (κ1) is 25.8. The van der Waals surface area contributed by atoms with Crippen LogP contribution in [0.15, 0.2) is 113 Å². The summed E-state index contributed by atoms with van der Waals surface area (Å²) in [6.07, 6.45) is 7.91. The lowest BCUT2D eigenvalue weighted by molar-refractivity contribution is 0.00578. The zero-order valence-corrected chi connectivity index (χ0v) is 24.9. The highest BCUT2D eigenvalue weighted by Crippen LogP contribution is 2.59. The predicted octanol–water partition coefficient (Wildman–Crippen LogP) is 8.72. The number of allylic oxidation sites excluding steroid dienone is 4. The number of hydrogen-bond donors (Lipinski definition) is 0. The van der Waals surface area contributed by atoms with Gasteiger partial charge < -0.3 is 13.7 Å². The zero-order chi connectivity index (χ0) is 28.9. The second-order valence-electron chi connectivity index (χ2n) is 13.2. The van der Waals surface area contributed by atoms with Crippen LogP contribution < -0.4 is 5.46 Å². The van der Waals surface area contributed by atoms with Crippen LogP contribution in [0.1, 0.15) is 57.7 Å². The summed E-state index contributed by atoms with van der Waals surface area (Å²) in [5, 5.41) is 2.20. The Morgan fingerprint density at radius 3 is 2.19 bits per heavy atom. The van der Waals surface area contributed by atoms with Crippen LogP contribution in [-0.2, 0) is 14.7 Å². The van der Waals surface area contributed by atoms with E-state index in [-0.39, 0.29) is 0 Å². The van der Waals surface area contributed by atoms with Crippen LogP contribution >= 0.6 is 0 Å². The van der Waals surface area contributed by atoms with Gasteiger partial charge in [-0.3, -0.25) is 0 Å². The van der Waals surface area contributed by atoms with Crippen molar-refractivity contribution in [1.82, 2.24) is 0 Å². The average Bonchev–Trinajstić information content (AvgIpc) is 3.56. The van der Waals surface area contributed by atoms with Gasteiger partial charge in [0.15, 0.2) is 0 Å². The molecule has 42 heavy (non-hydrogen) atoms. The lowest BCUT2D eigenvalue weighted by Crippen LogP contribution is -2.41. The summed E-state index contributed by atoms with van der Waals surface area (Å²) in [5.74, 6) is 0.406. The molecular formula is C38H35BO3. The Hall–Kier alpha value is -3.86. The van der Waals surface area contributed by atoms with Gasteiger partial charge in [0.25, 0.3) is 0 Å². The van der Waals surface area contributed by atoms with Gasteiger partial charge in [-0.2, -0.15) is 0 Å². The highest BCUT2D eigenvalue weighted by molar-refractivity contribution is 6.62. The molecule has 1 aliphatic heterocycles. The number of furan rings is 1. The maximum absolute atomic E-state index is 6.60. The molecule has 3 nitrogen and oxygen atoms in total. The number of benzene rings is 4. The number of rotatable bonds is 3. The third-order valence-corrected chi connectivity index (χ3v) is 10.3. The Morgan fingerprint density at radius 1 is 0.714 bits per heavy atom. The molecule has 1 aromatic heterocycles. The third-order valence-electron chi connectivity index (χ3n) is 10.3. The van der Waals surface area contributed by atoms with Crippen molar-refractivity contribution >= 4 is 34.5 Å². The molecule has 0 saturated carbocycles. The molecule has 0 N–H and O–H groups in total. The first-order valence-corrected chi connectivity index (χ1v) is 15.1. The Morgan fingerprint density at radius 2 is 1.43 bits per heavy atom. The molecule has 0 bridgehead atoms. The maximum atomic E-state index is 6.60. The molecule has 1 fully saturated rings. The van der Waals surface area contributed by atoms with Gasteiger partial charge in [-0.15, -0.1) is 0 Å². The summed E-state index contributed by atoms with van der Waals surface area (Å²) in [5.41, 5.74) is 9.54. The minimum absolute atomic E-state index is 0.390. The largest absolute Gasteiger partial charge is 0.494 e. The monoisotopic (exact) mass is 550 g/mol. The van der Waals surface area contributed by atoms with Crippen molar-refractivity contribution in [3.8, 4) is 11.1 Å². The quantitative estimate of drug-likeness (QED) is 0.211. The molecule has 2 aliphatic carbocycles. The average molecular weight is 551 g/mol. The molecule has 0 radical (unpaired) electrons. The minimum atomic E-state index is -0.419. The zero-order valence-electron chi connectivity index (χ0n) is 24.9. The van der Waals surface area contributed by atoms with Crippen LogP contribution in [0.4, 0.5) is 0 Å². The van der Waals surface area contributed by atoms with Gasteiger partial charge in [-0.1, -0.05) is 91.9 Å². The van der Waals surface area contributed by atoms with E-state index < -0.39 is 23.7 Å². The maximum Gasteiger partial charge on any atom is 0.494 e. The van der Waals surface area contributed by atoms with Crippen LogP contribution in [0.3, 0.4) is 0 Å². The summed E-state index contributed by atoms with van der Waals surface area (Å²) < 4.78 is 19.4. The van der Waals surface area contributed by atoms with Gasteiger partial charge in [-0.05, 0) is 97.1 Å². The van der Waals surface area contributed by atoms with Crippen molar-refractivity contribution < 1.29 is 13.7 Å². The Bertz CT molecular complexity index is 1930. The molecule has 4 aromatic carbocycles. The van der Waals surface area contributed by atoms with Crippen molar-refractivity contribution in [2.75, 3.05) is 0 Å². The Balaban J connectivity index is 1.39. The summed E-state index contributed by atoms with van der Waals surface area (Å²) in [6, 6.07) is 31.0. The van der Waals surface area contributed by atoms with E-state index in [1.54, 1.807) is 0 Å². The fraction of sp³-hybridized carbons (Fsp3) is 0.263. The smallest absolute Gasteiger partial charge is 0.456 e. The van der Waals surface area contributed by atoms with Crippen molar-refractivity contribution in [3.05, 3.63) is 125 Å². The third kappa shape index (κ3) is 3.43. The molecule has 4 heteroatoms. The molecule has 3 aliphatic rings. The van der Waals surface area contributed by atoms with E-state index in [0.717, 1.165) is 33.8 Å². The fourth-order valence-electron chi connectivity index (χ4n) is 7.41. The van der Waals surface area contributed by atoms with Crippen molar-refractivity contribution in [3.63, 3.8) is 0 Å². The van der Waals surface area contributed by atoms with Crippen LogP contribution in [0.5, 0.6) is 0 Å². The van der Waals surface area contributed by atoms with E-state index in [1.807, 2.05) is 0 Å². The van der Waals surface area contributed by atoms with Gasteiger partial charge in [0, 0.05) is 10.8 Å². The number of fused-ring (bicyclic) bond motifs is 6. The lowest BCUT2D eigenvalue weighted by Gasteiger charge is -2.39. The predicted molar refractivity (Wildman–Crippen MR) is 172 cm³/mol. The highest BCUT2D eigenvalue weighted by atomic mass is 16.7. The summed E-state index contributed by atoms with van der Waals surface area (Å²) >= 11 is 0. The second-order valence-corrected chi connectivity index (χ2v) is 13.2. The first-order valence-electron chi connectivity index (χ1n) is 15.1. The molecule has 5 aromatic rings. The summed E-state index contributed by atoms with van der Waals surface area (Å²) in [7, 11) is -0.419. The molecule has 2 unspecified atom stereocenters. The summed E-state index contributed by atoms with van der Waals surface area (Å²) in [6.45, 7) is 10.7. The second kappa shape index (κ2) is 8.83. The van der Waals surface area contributed by atoms with Crippen LogP contribution in [-0.4, -0.2) is 18.3 Å². The molecule has 8 rings (SSSR count). The van der Waals surface area contributed by atoms with Gasteiger partial charge in [0.1, 0.15) is 11.2 Å². The molecule has 0 amide bonds. The fourth-order valence-corrected chi connectivity index (χ4v) is 7.41. The molecular weight excluding hydrogens is 515 g/mol. The Labute approximate surface area is 248 Å². The van der Waals surface area contributed by atoms with Crippen LogP contribution in [0.2, 0.25) is 0 Å². The van der Waals surface area contributed by atoms with E-state index in [4.69, 9.17) is 13.7 Å². The normalized spacial score (nSPS) is 23.8. The molecule has 0 spiro atoms. The molecule has 2 atom stereocenters. The van der Waals surface area contributed by atoms with Gasteiger partial charge in [0.2, 0.25) is 0 Å². The number of hydrogen-bond acceptors (Lipinski definition) is 3. The summed E-state index contributed by atoms with van der Waals surface area (Å²) in [4.78, 5) is 0. The standard InChI is InChI=1S/C38H35BO3/c1-24-13-9-11-17-31(24)38(25-14-7-6-8-15-25)32-18-12-10-16-27(32)28-22-30-29-21-26(39-41-36(2,3)37(4,5)42-39)19-20-34(29)40-35(30)23-33(28)38/h6-12,14-24H,13H2,1-5H3. The first-order chi connectivity index (χ1) is 20.2. The molecule has 2 heterocycles. The Kier molecular flexibility index (Phi) is 5.43. The van der Waals surface area contributed by atoms with Crippen molar-refractivity contribution in [2.24, 2.45) is 5.92 Å². The molecule has 1 saturated heterocycles. The highest BCUT2D eigenvalue weighted by Gasteiger charge is 2.52. The van der Waals surface area contributed by atoms with E-state index in [9.17, 15) is 0 Å². The van der Waals surface area contributed by atoms with Gasteiger partial charge >= 0.3 is 7.12 Å². The topological polar surface area (TPSA) is 31.6 Å². The van der Waals surface area contributed by atoms with Crippen LogP contribution in [0, 0.1) is 5.92 Å². The molecule has 208 valence electrons. The van der Waals surface area contributed by atoms with Crippen LogP contribution in [0.25, 0.3) is 33.1 Å². The van der Waals surface area contributed by atoms with Gasteiger partial charge in [-0.25, -0.2) is 0 Å². The van der Waals surface area contributed by atoms with Crippen molar-refractivity contribution in [1.29, 1.82) is 0 Å². The van der Waals surface area contributed by atoms with Gasteiger partial charge in [0.05, 0.1) is 16.6 Å². The minimum Gasteiger partial charge on any atom is -0.456 e. The van der Waals surface area contributed by atoms with E-state index in [1.165, 1.54) is 33.4 Å². The van der Waals surface area contributed by atoms with Crippen molar-refractivity contribution in [2.45, 2.75) is 57.7 Å². The lowest BCUT2D eigenvalue weighted by atomic mass is 9.63. The van der Waals surface area contributed by atoms with E-state index >= 15 is 0 Å². The van der Waals surface area contributed by atoms with E-state index in [2.05, 4.69) is 138 Å². The van der Waals surface area contributed by atoms with E-state index in [0.29, 0.717) is 5.92 Å². The SMILES string of the molecule is CC1CC=CC=C1C1(c2ccccc2)c2ccccc2-c2cc3c(cc21)oc1ccc(B2OC(C)(C)C(C)(C)O2)cc13.